The molecule has 10 heteroatoms. The maximum Gasteiger partial charge on any atom is 0.289 e. The van der Waals surface area contributed by atoms with Gasteiger partial charge in [0.05, 0.1) is 6.26 Å². The van der Waals surface area contributed by atoms with Gasteiger partial charge in [0.15, 0.2) is 10.9 Å². The van der Waals surface area contributed by atoms with Crippen LogP contribution in [0.25, 0.3) is 17.4 Å². The van der Waals surface area contributed by atoms with Crippen molar-refractivity contribution in [3.05, 3.63) is 102 Å². The summed E-state index contributed by atoms with van der Waals surface area (Å²) in [7, 11) is 0. The first-order valence-corrected chi connectivity index (χ1v) is 13.1. The van der Waals surface area contributed by atoms with Crippen molar-refractivity contribution in [1.82, 2.24) is 10.2 Å². The van der Waals surface area contributed by atoms with Gasteiger partial charge in [-0.1, -0.05) is 11.6 Å². The summed E-state index contributed by atoms with van der Waals surface area (Å²) < 4.78 is 11.0. The topological polar surface area (TPSA) is 91.0 Å². The lowest BCUT2D eigenvalue weighted by atomic mass is 10.2. The van der Waals surface area contributed by atoms with Crippen LogP contribution in [0.5, 0.6) is 0 Å². The van der Waals surface area contributed by atoms with E-state index in [-0.39, 0.29) is 16.9 Å². The van der Waals surface area contributed by atoms with Crippen molar-refractivity contribution in [1.29, 1.82) is 0 Å². The summed E-state index contributed by atoms with van der Waals surface area (Å²) in [5, 5.41) is 6.48. The highest BCUT2D eigenvalue weighted by molar-refractivity contribution is 7.80. The summed E-state index contributed by atoms with van der Waals surface area (Å²) in [6.45, 7) is 2.67. The van der Waals surface area contributed by atoms with Crippen LogP contribution in [0.1, 0.15) is 16.3 Å². The van der Waals surface area contributed by atoms with Crippen LogP contribution in [0.3, 0.4) is 0 Å². The average Bonchev–Trinajstić information content (AvgIpc) is 3.66. The minimum absolute atomic E-state index is 0.0866. The van der Waals surface area contributed by atoms with Gasteiger partial charge in [-0.3, -0.25) is 14.9 Å². The van der Waals surface area contributed by atoms with Gasteiger partial charge in [0.25, 0.3) is 5.91 Å². The second-order valence-electron chi connectivity index (χ2n) is 8.79. The zero-order valence-corrected chi connectivity index (χ0v) is 22.4. The van der Waals surface area contributed by atoms with Crippen molar-refractivity contribution in [3.8, 4) is 11.3 Å². The molecule has 1 saturated heterocycles. The quantitative estimate of drug-likeness (QED) is 0.231. The number of furan rings is 2. The predicted octanol–water partition coefficient (Wildman–Crippen LogP) is 5.68. The van der Waals surface area contributed by atoms with Crippen molar-refractivity contribution in [2.75, 3.05) is 36.4 Å². The fourth-order valence-electron chi connectivity index (χ4n) is 4.16. The molecular formula is C29H25ClN4O4S. The van der Waals surface area contributed by atoms with Crippen LogP contribution in [-0.2, 0) is 4.79 Å². The highest BCUT2D eigenvalue weighted by Crippen LogP contribution is 2.24. The van der Waals surface area contributed by atoms with E-state index in [2.05, 4.69) is 15.5 Å². The molecule has 0 unspecified atom stereocenters. The summed E-state index contributed by atoms with van der Waals surface area (Å²) in [5.74, 6) is 1.11. The summed E-state index contributed by atoms with van der Waals surface area (Å²) in [4.78, 5) is 28.8. The average molecular weight is 561 g/mol. The SMILES string of the molecule is O=C(/C=C/c1ccc(-c2ccc(Cl)cc2)o1)NC(=S)Nc1ccc(N2CCN(C(=O)c3ccco3)CC2)cc1. The number of hydrogen-bond donors (Lipinski definition) is 2. The Bertz CT molecular complexity index is 1470. The van der Waals surface area contributed by atoms with Crippen molar-refractivity contribution in [2.24, 2.45) is 0 Å². The molecule has 0 bridgehead atoms. The van der Waals surface area contributed by atoms with Gasteiger partial charge >= 0.3 is 0 Å². The van der Waals surface area contributed by atoms with Gasteiger partial charge in [-0.15, -0.1) is 0 Å². The molecule has 2 amide bonds. The summed E-state index contributed by atoms with van der Waals surface area (Å²) >= 11 is 11.2. The Morgan fingerprint density at radius 1 is 0.923 bits per heavy atom. The lowest BCUT2D eigenvalue weighted by molar-refractivity contribution is -0.115. The molecule has 3 heterocycles. The maximum absolute atomic E-state index is 12.5. The minimum atomic E-state index is -0.379. The zero-order valence-electron chi connectivity index (χ0n) is 20.8. The van der Waals surface area contributed by atoms with Crippen LogP contribution in [0.15, 0.2) is 94.0 Å². The van der Waals surface area contributed by atoms with Crippen LogP contribution < -0.4 is 15.5 Å². The number of carbonyl (C=O) groups excluding carboxylic acids is 2. The number of nitrogens with one attached hydrogen (secondary N) is 2. The Kier molecular flexibility index (Phi) is 8.10. The molecule has 198 valence electrons. The molecule has 1 fully saturated rings. The molecule has 8 nitrogen and oxygen atoms in total. The van der Waals surface area contributed by atoms with E-state index >= 15 is 0 Å². The Labute approximate surface area is 235 Å². The normalized spacial score (nSPS) is 13.5. The Hall–Kier alpha value is -4.34. The van der Waals surface area contributed by atoms with Gasteiger partial charge in [-0.05, 0) is 91.1 Å². The van der Waals surface area contributed by atoms with Crippen LogP contribution >= 0.6 is 23.8 Å². The third-order valence-corrected chi connectivity index (χ3v) is 6.64. The van der Waals surface area contributed by atoms with Gasteiger partial charge < -0.3 is 24.0 Å². The molecule has 0 radical (unpaired) electrons. The molecule has 0 aliphatic carbocycles. The number of piperazine rings is 1. The molecule has 1 aliphatic rings. The van der Waals surface area contributed by atoms with E-state index in [1.165, 1.54) is 12.3 Å². The van der Waals surface area contributed by atoms with Crippen LogP contribution in [0.4, 0.5) is 11.4 Å². The van der Waals surface area contributed by atoms with Crippen LogP contribution in [0.2, 0.25) is 5.02 Å². The van der Waals surface area contributed by atoms with Crippen molar-refractivity contribution < 1.29 is 18.4 Å². The second-order valence-corrected chi connectivity index (χ2v) is 9.63. The van der Waals surface area contributed by atoms with E-state index in [1.54, 1.807) is 41.3 Å². The van der Waals surface area contributed by atoms with E-state index in [9.17, 15) is 9.59 Å². The third-order valence-electron chi connectivity index (χ3n) is 6.18. The first kappa shape index (κ1) is 26.3. The van der Waals surface area contributed by atoms with Crippen molar-refractivity contribution >= 4 is 58.2 Å². The van der Waals surface area contributed by atoms with Gasteiger partial charge in [0.1, 0.15) is 11.5 Å². The number of carbonyl (C=O) groups is 2. The van der Waals surface area contributed by atoms with E-state index < -0.39 is 0 Å². The lowest BCUT2D eigenvalue weighted by Gasteiger charge is -2.35. The third kappa shape index (κ3) is 6.76. The standard InChI is InChI=1S/C29H25ClN4O4S/c30-21-5-3-20(4-6-21)25-13-11-24(38-25)12-14-27(35)32-29(39)31-22-7-9-23(10-8-22)33-15-17-34(18-16-33)28(36)26-2-1-19-37-26/h1-14,19H,15-18H2,(H2,31,32,35,39)/b14-12+. The number of hydrogen-bond acceptors (Lipinski definition) is 6. The number of thiocarbonyl (C=S) groups is 1. The van der Waals surface area contributed by atoms with E-state index in [0.717, 1.165) is 30.0 Å². The summed E-state index contributed by atoms with van der Waals surface area (Å²) in [6, 6.07) is 22.1. The molecule has 39 heavy (non-hydrogen) atoms. The first-order chi connectivity index (χ1) is 18.9. The number of anilines is 2. The number of benzene rings is 2. The van der Waals surface area contributed by atoms with Crippen molar-refractivity contribution in [3.63, 3.8) is 0 Å². The number of amides is 2. The molecule has 0 spiro atoms. The van der Waals surface area contributed by atoms with Crippen molar-refractivity contribution in [2.45, 2.75) is 0 Å². The lowest BCUT2D eigenvalue weighted by Crippen LogP contribution is -2.48. The Morgan fingerprint density at radius 2 is 1.67 bits per heavy atom. The molecule has 2 aromatic heterocycles. The van der Waals surface area contributed by atoms with Crippen LogP contribution in [0, 0.1) is 0 Å². The number of rotatable bonds is 6. The second kappa shape index (κ2) is 12.0. The van der Waals surface area contributed by atoms with Crippen LogP contribution in [-0.4, -0.2) is 48.0 Å². The molecule has 1 aliphatic heterocycles. The molecular weight excluding hydrogens is 536 g/mol. The zero-order chi connectivity index (χ0) is 27.2. The maximum atomic E-state index is 12.5. The first-order valence-electron chi connectivity index (χ1n) is 12.3. The molecule has 2 aromatic carbocycles. The number of nitrogens with zero attached hydrogens (tertiary/aromatic N) is 2. The van der Waals surface area contributed by atoms with Gasteiger partial charge in [0.2, 0.25) is 5.91 Å². The van der Waals surface area contributed by atoms with E-state index in [4.69, 9.17) is 32.7 Å². The summed E-state index contributed by atoms with van der Waals surface area (Å²) in [5.41, 5.74) is 2.68. The molecule has 2 N–H and O–H groups in total. The summed E-state index contributed by atoms with van der Waals surface area (Å²) in [6.07, 6.45) is 4.44. The highest BCUT2D eigenvalue weighted by Gasteiger charge is 2.23. The monoisotopic (exact) mass is 560 g/mol. The number of halogens is 1. The minimum Gasteiger partial charge on any atom is -0.459 e. The predicted molar refractivity (Wildman–Crippen MR) is 156 cm³/mol. The molecule has 5 rings (SSSR count). The molecule has 0 atom stereocenters. The fraction of sp³-hybridized carbons (Fsp3) is 0.138. The molecule has 0 saturated carbocycles. The smallest absolute Gasteiger partial charge is 0.289 e. The fourth-order valence-corrected chi connectivity index (χ4v) is 4.51. The largest absolute Gasteiger partial charge is 0.459 e. The highest BCUT2D eigenvalue weighted by atomic mass is 35.5. The Morgan fingerprint density at radius 3 is 2.36 bits per heavy atom. The van der Waals surface area contributed by atoms with Gasteiger partial charge in [-0.2, -0.15) is 0 Å². The van der Waals surface area contributed by atoms with E-state index in [0.29, 0.717) is 35.4 Å². The molecule has 4 aromatic rings. The Balaban J connectivity index is 1.08. The van der Waals surface area contributed by atoms with E-state index in [1.807, 2.05) is 42.5 Å². The van der Waals surface area contributed by atoms with Gasteiger partial charge in [-0.25, -0.2) is 0 Å². The van der Waals surface area contributed by atoms with Gasteiger partial charge in [0, 0.05) is 54.2 Å².